The molecule has 1 N–H and O–H groups in total. The van der Waals surface area contributed by atoms with E-state index in [1.54, 1.807) is 24.3 Å². The summed E-state index contributed by atoms with van der Waals surface area (Å²) in [7, 11) is 0. The van der Waals surface area contributed by atoms with Crippen LogP contribution in [0.15, 0.2) is 24.3 Å². The van der Waals surface area contributed by atoms with Crippen LogP contribution in [0.2, 0.25) is 5.02 Å². The summed E-state index contributed by atoms with van der Waals surface area (Å²) in [6.07, 6.45) is -6.96. The molecule has 0 aliphatic carbocycles. The number of rotatable bonds is 5. The topological polar surface area (TPSA) is 21.3 Å². The highest BCUT2D eigenvalue weighted by Gasteiger charge is 2.38. The molecule has 0 amide bonds. The molecule has 21 heavy (non-hydrogen) atoms. The molecule has 0 bridgehead atoms. The Morgan fingerprint density at radius 3 is 2.33 bits per heavy atom. The third kappa shape index (κ3) is 6.68. The Morgan fingerprint density at radius 2 is 1.86 bits per heavy atom. The van der Waals surface area contributed by atoms with Gasteiger partial charge in [-0.25, -0.2) is 0 Å². The van der Waals surface area contributed by atoms with Crippen LogP contribution in [0, 0.1) is 0 Å². The van der Waals surface area contributed by atoms with E-state index in [9.17, 15) is 13.2 Å². The zero-order chi connectivity index (χ0) is 16.3. The summed E-state index contributed by atoms with van der Waals surface area (Å²) < 4.78 is 43.3. The van der Waals surface area contributed by atoms with Crippen LogP contribution in [-0.4, -0.2) is 24.4 Å². The maximum atomic E-state index is 12.7. The first-order chi connectivity index (χ1) is 9.49. The van der Waals surface area contributed by atoms with Crippen molar-refractivity contribution in [1.82, 2.24) is 5.32 Å². The average Bonchev–Trinajstić information content (AvgIpc) is 2.31. The first kappa shape index (κ1) is 18.3. The first-order valence-electron chi connectivity index (χ1n) is 6.72. The summed E-state index contributed by atoms with van der Waals surface area (Å²) in [5.41, 5.74) is 0.400. The normalized spacial score (nSPS) is 15.8. The molecule has 2 atom stereocenters. The highest BCUT2D eigenvalue weighted by Crippen LogP contribution is 2.29. The van der Waals surface area contributed by atoms with Crippen LogP contribution < -0.4 is 5.32 Å². The van der Waals surface area contributed by atoms with Gasteiger partial charge in [-0.1, -0.05) is 23.7 Å². The van der Waals surface area contributed by atoms with Gasteiger partial charge in [0.1, 0.15) is 0 Å². The van der Waals surface area contributed by atoms with Gasteiger partial charge in [0.05, 0.1) is 6.10 Å². The quantitative estimate of drug-likeness (QED) is 0.845. The predicted octanol–water partition coefficient (Wildman–Crippen LogP) is 4.74. The summed E-state index contributed by atoms with van der Waals surface area (Å²) in [5.74, 6) is 0. The van der Waals surface area contributed by atoms with Gasteiger partial charge >= 0.3 is 6.18 Å². The molecule has 6 heteroatoms. The van der Waals surface area contributed by atoms with Crippen molar-refractivity contribution in [3.63, 3.8) is 0 Å². The summed E-state index contributed by atoms with van der Waals surface area (Å²) in [5, 5.41) is 3.63. The molecule has 0 saturated carbocycles. The van der Waals surface area contributed by atoms with Gasteiger partial charge in [-0.3, -0.25) is 0 Å². The van der Waals surface area contributed by atoms with Gasteiger partial charge in [-0.05, 0) is 45.4 Å². The molecule has 2 nitrogen and oxygen atoms in total. The molecule has 2 unspecified atom stereocenters. The van der Waals surface area contributed by atoms with Crippen LogP contribution in [0.1, 0.15) is 39.4 Å². The summed E-state index contributed by atoms with van der Waals surface area (Å²) in [6.45, 7) is 7.10. The molecule has 0 radical (unpaired) electrons. The molecule has 0 aromatic heterocycles. The molecule has 0 saturated heterocycles. The van der Waals surface area contributed by atoms with Gasteiger partial charge in [-0.15, -0.1) is 0 Å². The second-order valence-corrected chi connectivity index (χ2v) is 6.43. The molecule has 1 aromatic carbocycles. The fourth-order valence-electron chi connectivity index (χ4n) is 1.67. The van der Waals surface area contributed by atoms with E-state index in [4.69, 9.17) is 16.3 Å². The van der Waals surface area contributed by atoms with Gasteiger partial charge < -0.3 is 10.1 Å². The third-order valence-corrected chi connectivity index (χ3v) is 3.10. The van der Waals surface area contributed by atoms with Crippen molar-refractivity contribution in [1.29, 1.82) is 0 Å². The van der Waals surface area contributed by atoms with Crippen molar-refractivity contribution in [2.45, 2.75) is 51.6 Å². The van der Waals surface area contributed by atoms with E-state index >= 15 is 0 Å². The summed E-state index contributed by atoms with van der Waals surface area (Å²) in [6, 6.07) is 6.71. The number of benzene rings is 1. The van der Waals surface area contributed by atoms with Crippen LogP contribution in [0.5, 0.6) is 0 Å². The Labute approximate surface area is 128 Å². The lowest BCUT2D eigenvalue weighted by molar-refractivity contribution is -0.227. The van der Waals surface area contributed by atoms with E-state index in [1.165, 1.54) is 0 Å². The van der Waals surface area contributed by atoms with Crippen LogP contribution >= 0.6 is 11.6 Å². The van der Waals surface area contributed by atoms with Crippen LogP contribution in [0.25, 0.3) is 0 Å². The third-order valence-electron chi connectivity index (χ3n) is 2.87. The lowest BCUT2D eigenvalue weighted by Gasteiger charge is -2.28. The smallest absolute Gasteiger partial charge is 0.360 e. The molecule has 0 aliphatic heterocycles. The number of nitrogens with one attached hydrogen (secondary N) is 1. The number of alkyl halides is 3. The largest absolute Gasteiger partial charge is 0.414 e. The van der Waals surface area contributed by atoms with E-state index in [-0.39, 0.29) is 12.1 Å². The van der Waals surface area contributed by atoms with E-state index in [2.05, 4.69) is 5.32 Å². The van der Waals surface area contributed by atoms with Gasteiger partial charge in [-0.2, -0.15) is 13.2 Å². The van der Waals surface area contributed by atoms with E-state index in [1.807, 2.05) is 20.8 Å². The van der Waals surface area contributed by atoms with Gasteiger partial charge in [0, 0.05) is 17.1 Å². The monoisotopic (exact) mass is 323 g/mol. The molecule has 1 rings (SSSR count). The number of hydrogen-bond acceptors (Lipinski definition) is 2. The average molecular weight is 324 g/mol. The molecular weight excluding hydrogens is 303 g/mol. The van der Waals surface area contributed by atoms with E-state index < -0.39 is 18.4 Å². The van der Waals surface area contributed by atoms with Crippen molar-refractivity contribution in [3.8, 4) is 0 Å². The SMILES string of the molecule is CC(OC(CNC(C)(C)C)c1cccc(Cl)c1)C(F)(F)F. The Morgan fingerprint density at radius 1 is 1.24 bits per heavy atom. The first-order valence-corrected chi connectivity index (χ1v) is 7.09. The lowest BCUT2D eigenvalue weighted by Crippen LogP contribution is -2.41. The maximum Gasteiger partial charge on any atom is 0.414 e. The highest BCUT2D eigenvalue weighted by atomic mass is 35.5. The van der Waals surface area contributed by atoms with Crippen LogP contribution in [0.4, 0.5) is 13.2 Å². The molecular formula is C15H21ClF3NO. The Kier molecular flexibility index (Phi) is 6.08. The molecule has 0 spiro atoms. The summed E-state index contributed by atoms with van der Waals surface area (Å²) in [4.78, 5) is 0. The Hall–Kier alpha value is -0.780. The Balaban J connectivity index is 2.89. The minimum Gasteiger partial charge on any atom is -0.360 e. The van der Waals surface area contributed by atoms with Crippen LogP contribution in [-0.2, 0) is 4.74 Å². The maximum absolute atomic E-state index is 12.7. The number of hydrogen-bond donors (Lipinski definition) is 1. The lowest BCUT2D eigenvalue weighted by atomic mass is 10.1. The van der Waals surface area contributed by atoms with Crippen molar-refractivity contribution < 1.29 is 17.9 Å². The minimum atomic E-state index is -4.39. The van der Waals surface area contributed by atoms with Gasteiger partial charge in [0.25, 0.3) is 0 Å². The molecule has 0 fully saturated rings. The Bertz CT molecular complexity index is 457. The number of halogens is 4. The predicted molar refractivity (Wildman–Crippen MR) is 78.6 cm³/mol. The summed E-state index contributed by atoms with van der Waals surface area (Å²) >= 11 is 5.91. The second-order valence-electron chi connectivity index (χ2n) is 5.99. The van der Waals surface area contributed by atoms with Crippen LogP contribution in [0.3, 0.4) is 0 Å². The van der Waals surface area contributed by atoms with Crippen molar-refractivity contribution >= 4 is 11.6 Å². The zero-order valence-electron chi connectivity index (χ0n) is 12.6. The fraction of sp³-hybridized carbons (Fsp3) is 0.600. The number of ether oxygens (including phenoxy) is 1. The van der Waals surface area contributed by atoms with Gasteiger partial charge in [0.15, 0.2) is 6.10 Å². The van der Waals surface area contributed by atoms with Crippen molar-refractivity contribution in [2.24, 2.45) is 0 Å². The van der Waals surface area contributed by atoms with Gasteiger partial charge in [0.2, 0.25) is 0 Å². The standard InChI is InChI=1S/C15H21ClF3NO/c1-10(15(17,18)19)21-13(9-20-14(2,3)4)11-6-5-7-12(16)8-11/h5-8,10,13,20H,9H2,1-4H3. The van der Waals surface area contributed by atoms with Crippen molar-refractivity contribution in [2.75, 3.05) is 6.54 Å². The molecule has 120 valence electrons. The molecule has 0 aliphatic rings. The highest BCUT2D eigenvalue weighted by molar-refractivity contribution is 6.30. The molecule has 1 aromatic rings. The van der Waals surface area contributed by atoms with Crippen molar-refractivity contribution in [3.05, 3.63) is 34.9 Å². The zero-order valence-corrected chi connectivity index (χ0v) is 13.3. The van der Waals surface area contributed by atoms with E-state index in [0.717, 1.165) is 6.92 Å². The molecule has 0 heterocycles. The van der Waals surface area contributed by atoms with E-state index in [0.29, 0.717) is 10.6 Å². The second kappa shape index (κ2) is 6.99. The minimum absolute atomic E-state index is 0.221. The fourth-order valence-corrected chi connectivity index (χ4v) is 1.87.